The largest absolute Gasteiger partial charge is 0.465 e. The van der Waals surface area contributed by atoms with E-state index >= 15 is 0 Å². The van der Waals surface area contributed by atoms with Crippen LogP contribution in [0.15, 0.2) is 57.1 Å². The van der Waals surface area contributed by atoms with E-state index in [4.69, 9.17) is 8.83 Å². The number of furan rings is 1. The van der Waals surface area contributed by atoms with Crippen LogP contribution in [0.5, 0.6) is 0 Å². The van der Waals surface area contributed by atoms with Gasteiger partial charge in [-0.2, -0.15) is 0 Å². The number of anilines is 1. The minimum absolute atomic E-state index is 0.389. The first-order valence-electron chi connectivity index (χ1n) is 9.14. The van der Waals surface area contributed by atoms with Gasteiger partial charge in [-0.25, -0.2) is 13.4 Å². The molecule has 8 heteroatoms. The summed E-state index contributed by atoms with van der Waals surface area (Å²) >= 11 is 0. The highest BCUT2D eigenvalue weighted by atomic mass is 32.2. The number of para-hydroxylation sites is 1. The third-order valence-electron chi connectivity index (χ3n) is 4.22. The molecule has 0 radical (unpaired) electrons. The normalized spacial score (nSPS) is 12.5. The van der Waals surface area contributed by atoms with E-state index in [1.165, 1.54) is 0 Å². The van der Waals surface area contributed by atoms with E-state index in [2.05, 4.69) is 14.6 Å². The summed E-state index contributed by atoms with van der Waals surface area (Å²) in [5, 5.41) is 0. The molecule has 0 atom stereocenters. The maximum Gasteiger partial charge on any atom is 0.229 e. The SMILES string of the molecule is C/C(=C\c1ccco1)CN(C)Cc1nc(-c2ccccc2NS(C)(=O)=O)oc1C. The highest BCUT2D eigenvalue weighted by molar-refractivity contribution is 7.92. The molecule has 1 N–H and O–H groups in total. The van der Waals surface area contributed by atoms with Gasteiger partial charge in [0.2, 0.25) is 15.9 Å². The zero-order chi connectivity index (χ0) is 21.0. The molecule has 0 unspecified atom stereocenters. The topological polar surface area (TPSA) is 88.6 Å². The average molecular weight is 416 g/mol. The molecule has 154 valence electrons. The van der Waals surface area contributed by atoms with Crippen LogP contribution in [0.2, 0.25) is 0 Å². The third-order valence-corrected chi connectivity index (χ3v) is 4.81. The second-order valence-electron chi connectivity index (χ2n) is 7.12. The number of oxazole rings is 1. The van der Waals surface area contributed by atoms with Crippen LogP contribution < -0.4 is 4.72 Å². The fourth-order valence-corrected chi connectivity index (χ4v) is 3.62. The van der Waals surface area contributed by atoms with Crippen LogP contribution in [-0.2, 0) is 16.6 Å². The van der Waals surface area contributed by atoms with Gasteiger partial charge in [0.05, 0.1) is 29.5 Å². The van der Waals surface area contributed by atoms with Crippen LogP contribution in [-0.4, -0.2) is 38.1 Å². The number of aryl methyl sites for hydroxylation is 1. The summed E-state index contributed by atoms with van der Waals surface area (Å²) in [7, 11) is -1.40. The molecule has 0 spiro atoms. The molecule has 0 aliphatic rings. The van der Waals surface area contributed by atoms with Crippen molar-refractivity contribution < 1.29 is 17.3 Å². The second-order valence-corrected chi connectivity index (χ2v) is 8.87. The molecule has 0 amide bonds. The summed E-state index contributed by atoms with van der Waals surface area (Å²) in [6, 6.07) is 10.8. The van der Waals surface area contributed by atoms with Gasteiger partial charge in [-0.3, -0.25) is 9.62 Å². The number of nitrogens with one attached hydrogen (secondary N) is 1. The van der Waals surface area contributed by atoms with Crippen LogP contribution in [0, 0.1) is 6.92 Å². The average Bonchev–Trinajstić information content (AvgIpc) is 3.24. The molecular formula is C21H25N3O4S. The summed E-state index contributed by atoms with van der Waals surface area (Å²) in [5.74, 6) is 1.92. The van der Waals surface area contributed by atoms with Crippen molar-refractivity contribution in [3.8, 4) is 11.5 Å². The first kappa shape index (κ1) is 20.9. The molecule has 3 rings (SSSR count). The monoisotopic (exact) mass is 415 g/mol. The molecule has 0 fully saturated rings. The van der Waals surface area contributed by atoms with Crippen LogP contribution in [0.3, 0.4) is 0 Å². The van der Waals surface area contributed by atoms with Gasteiger partial charge in [0.25, 0.3) is 0 Å². The minimum atomic E-state index is -3.41. The van der Waals surface area contributed by atoms with Crippen molar-refractivity contribution in [1.82, 2.24) is 9.88 Å². The number of hydrogen-bond acceptors (Lipinski definition) is 6. The Kier molecular flexibility index (Phi) is 6.24. The van der Waals surface area contributed by atoms with Gasteiger partial charge < -0.3 is 8.83 Å². The lowest BCUT2D eigenvalue weighted by molar-refractivity contribution is 0.349. The molecular weight excluding hydrogens is 390 g/mol. The van der Waals surface area contributed by atoms with Gasteiger partial charge in [-0.05, 0) is 51.2 Å². The summed E-state index contributed by atoms with van der Waals surface area (Å²) < 4.78 is 37.0. The lowest BCUT2D eigenvalue weighted by Crippen LogP contribution is -2.20. The Hall–Kier alpha value is -2.84. The number of benzene rings is 1. The van der Waals surface area contributed by atoms with Gasteiger partial charge in [0.15, 0.2) is 0 Å². The molecule has 3 aromatic rings. The second kappa shape index (κ2) is 8.67. The number of aromatic nitrogens is 1. The number of nitrogens with zero attached hydrogens (tertiary/aromatic N) is 2. The highest BCUT2D eigenvalue weighted by Crippen LogP contribution is 2.29. The van der Waals surface area contributed by atoms with Crippen LogP contribution >= 0.6 is 0 Å². The Morgan fingerprint density at radius 1 is 1.24 bits per heavy atom. The van der Waals surface area contributed by atoms with Crippen molar-refractivity contribution in [2.75, 3.05) is 24.6 Å². The molecule has 29 heavy (non-hydrogen) atoms. The van der Waals surface area contributed by atoms with Gasteiger partial charge >= 0.3 is 0 Å². The van der Waals surface area contributed by atoms with Gasteiger partial charge in [0.1, 0.15) is 11.5 Å². The maximum absolute atomic E-state index is 11.6. The van der Waals surface area contributed by atoms with Crippen LogP contribution in [0.1, 0.15) is 24.1 Å². The van der Waals surface area contributed by atoms with Gasteiger partial charge in [-0.15, -0.1) is 0 Å². The molecule has 2 aromatic heterocycles. The predicted octanol–water partition coefficient (Wildman–Crippen LogP) is 4.15. The van der Waals surface area contributed by atoms with E-state index in [0.717, 1.165) is 29.8 Å². The lowest BCUT2D eigenvalue weighted by atomic mass is 10.2. The summed E-state index contributed by atoms with van der Waals surface area (Å²) in [5.41, 5.74) is 3.01. The molecule has 7 nitrogen and oxygen atoms in total. The predicted molar refractivity (Wildman–Crippen MR) is 114 cm³/mol. The summed E-state index contributed by atoms with van der Waals surface area (Å²) in [6.45, 7) is 5.25. The van der Waals surface area contributed by atoms with Crippen molar-refractivity contribution in [3.05, 3.63) is 65.4 Å². The van der Waals surface area contributed by atoms with E-state index in [1.54, 1.807) is 24.5 Å². The number of hydrogen-bond donors (Lipinski definition) is 1. The number of likely N-dealkylation sites (N-methyl/N-ethyl adjacent to an activating group) is 1. The first-order valence-corrected chi connectivity index (χ1v) is 11.0. The van der Waals surface area contributed by atoms with E-state index < -0.39 is 10.0 Å². The maximum atomic E-state index is 11.6. The Morgan fingerprint density at radius 3 is 2.69 bits per heavy atom. The van der Waals surface area contributed by atoms with E-state index in [-0.39, 0.29) is 0 Å². The fraction of sp³-hybridized carbons (Fsp3) is 0.286. The Labute approximate surface area is 171 Å². The Bertz CT molecular complexity index is 1100. The van der Waals surface area contributed by atoms with Crippen molar-refractivity contribution in [1.29, 1.82) is 0 Å². The lowest BCUT2D eigenvalue weighted by Gasteiger charge is -2.15. The van der Waals surface area contributed by atoms with E-state index in [1.807, 2.05) is 45.2 Å². The standard InChI is InChI=1S/C21H25N3O4S/c1-15(12-17-8-7-11-27-17)13-24(3)14-20-16(2)28-21(22-20)18-9-5-6-10-19(18)23-29(4,25)26/h5-12,23H,13-14H2,1-4H3/b15-12+. The first-order chi connectivity index (χ1) is 13.7. The molecule has 0 aliphatic carbocycles. The smallest absolute Gasteiger partial charge is 0.229 e. The molecule has 2 heterocycles. The molecule has 0 saturated carbocycles. The van der Waals surface area contributed by atoms with Gasteiger partial charge in [-0.1, -0.05) is 17.7 Å². The molecule has 0 bridgehead atoms. The zero-order valence-electron chi connectivity index (χ0n) is 17.0. The zero-order valence-corrected chi connectivity index (χ0v) is 17.8. The number of rotatable bonds is 8. The van der Waals surface area contributed by atoms with Gasteiger partial charge in [0, 0.05) is 13.1 Å². The van der Waals surface area contributed by atoms with Crippen LogP contribution in [0.4, 0.5) is 5.69 Å². The number of sulfonamides is 1. The van der Waals surface area contributed by atoms with E-state index in [0.29, 0.717) is 29.4 Å². The van der Waals surface area contributed by atoms with Crippen molar-refractivity contribution in [2.45, 2.75) is 20.4 Å². The minimum Gasteiger partial charge on any atom is -0.465 e. The van der Waals surface area contributed by atoms with Crippen molar-refractivity contribution in [3.63, 3.8) is 0 Å². The molecule has 0 saturated heterocycles. The third kappa shape index (κ3) is 5.82. The van der Waals surface area contributed by atoms with Crippen molar-refractivity contribution >= 4 is 21.8 Å². The Balaban J connectivity index is 1.76. The highest BCUT2D eigenvalue weighted by Gasteiger charge is 2.17. The Morgan fingerprint density at radius 2 is 2.00 bits per heavy atom. The van der Waals surface area contributed by atoms with Crippen LogP contribution in [0.25, 0.3) is 17.5 Å². The molecule has 0 aliphatic heterocycles. The summed E-state index contributed by atoms with van der Waals surface area (Å²) in [6.07, 6.45) is 4.77. The fourth-order valence-electron chi connectivity index (χ4n) is 3.05. The van der Waals surface area contributed by atoms with Crippen molar-refractivity contribution in [2.24, 2.45) is 0 Å². The quantitative estimate of drug-likeness (QED) is 0.595. The summed E-state index contributed by atoms with van der Waals surface area (Å²) in [4.78, 5) is 6.74. The molecule has 1 aromatic carbocycles. The van der Waals surface area contributed by atoms with E-state index in [9.17, 15) is 8.42 Å².